The van der Waals surface area contributed by atoms with Crippen LogP contribution in [0.1, 0.15) is 52.4 Å². The molecule has 0 radical (unpaired) electrons. The van der Waals surface area contributed by atoms with Crippen molar-refractivity contribution in [2.45, 2.75) is 63.3 Å². The molecule has 4 rings (SSSR count). The molecule has 3 amide bonds. The minimum Gasteiger partial charge on any atom is -0.494 e. The summed E-state index contributed by atoms with van der Waals surface area (Å²) in [5.41, 5.74) is 2.00. The lowest BCUT2D eigenvalue weighted by Gasteiger charge is -2.28. The normalized spacial score (nSPS) is 18.0. The van der Waals surface area contributed by atoms with Crippen LogP contribution in [0.5, 0.6) is 5.75 Å². The molecule has 2 aliphatic rings. The summed E-state index contributed by atoms with van der Waals surface area (Å²) in [4.78, 5) is 39.0. The SMILES string of the molecule is CCOc1ccc(N2C(=O)CC(N(CCC3=CCCCC3)S(=O)(=O)c3ccc(NC(C)=O)cc3)C2=O)cc1. The molecule has 1 atom stereocenters. The molecule has 9 nitrogen and oxygen atoms in total. The first-order valence-electron chi connectivity index (χ1n) is 12.9. The van der Waals surface area contributed by atoms with Gasteiger partial charge in [-0.3, -0.25) is 14.4 Å². The fourth-order valence-electron chi connectivity index (χ4n) is 4.85. The zero-order valence-corrected chi connectivity index (χ0v) is 22.5. The van der Waals surface area contributed by atoms with E-state index in [0.717, 1.165) is 36.2 Å². The number of carbonyl (C=O) groups is 3. The number of ether oxygens (including phenoxy) is 1. The van der Waals surface area contributed by atoms with E-state index in [2.05, 4.69) is 11.4 Å². The van der Waals surface area contributed by atoms with Crippen molar-refractivity contribution >= 4 is 39.1 Å². The van der Waals surface area contributed by atoms with Gasteiger partial charge >= 0.3 is 0 Å². The van der Waals surface area contributed by atoms with Gasteiger partial charge < -0.3 is 10.1 Å². The molecule has 1 saturated heterocycles. The van der Waals surface area contributed by atoms with Gasteiger partial charge in [0.15, 0.2) is 0 Å². The van der Waals surface area contributed by atoms with Gasteiger partial charge in [-0.1, -0.05) is 11.6 Å². The summed E-state index contributed by atoms with van der Waals surface area (Å²) >= 11 is 0. The highest BCUT2D eigenvalue weighted by atomic mass is 32.2. The fraction of sp³-hybridized carbons (Fsp3) is 0.393. The molecular weight excluding hydrogens is 506 g/mol. The highest BCUT2D eigenvalue weighted by molar-refractivity contribution is 7.89. The van der Waals surface area contributed by atoms with Crippen LogP contribution in [0.25, 0.3) is 0 Å². The predicted molar refractivity (Wildman–Crippen MR) is 144 cm³/mol. The molecule has 2 aromatic carbocycles. The first kappa shape index (κ1) is 27.5. The third kappa shape index (κ3) is 6.14. The Morgan fingerprint density at radius 2 is 1.79 bits per heavy atom. The molecule has 0 spiro atoms. The van der Waals surface area contributed by atoms with E-state index < -0.39 is 27.9 Å². The maximum Gasteiger partial charge on any atom is 0.252 e. The van der Waals surface area contributed by atoms with Crippen molar-refractivity contribution in [2.24, 2.45) is 0 Å². The summed E-state index contributed by atoms with van der Waals surface area (Å²) in [6, 6.07) is 11.2. The van der Waals surface area contributed by atoms with Gasteiger partial charge in [-0.05, 0) is 87.6 Å². The Labute approximate surface area is 223 Å². The lowest BCUT2D eigenvalue weighted by atomic mass is 9.97. The summed E-state index contributed by atoms with van der Waals surface area (Å²) in [7, 11) is -4.13. The van der Waals surface area contributed by atoms with Crippen LogP contribution in [-0.2, 0) is 24.4 Å². The highest BCUT2D eigenvalue weighted by Gasteiger charge is 2.46. The minimum atomic E-state index is -4.13. The molecule has 1 N–H and O–H groups in total. The van der Waals surface area contributed by atoms with Gasteiger partial charge in [0.05, 0.1) is 23.6 Å². The smallest absolute Gasteiger partial charge is 0.252 e. The molecule has 1 unspecified atom stereocenters. The number of rotatable bonds is 10. The second-order valence-corrected chi connectivity index (χ2v) is 11.3. The molecule has 38 heavy (non-hydrogen) atoms. The number of allylic oxidation sites excluding steroid dienone is 1. The number of imide groups is 1. The maximum atomic E-state index is 13.9. The van der Waals surface area contributed by atoms with Crippen molar-refractivity contribution in [1.82, 2.24) is 4.31 Å². The van der Waals surface area contributed by atoms with Crippen LogP contribution in [-0.4, -0.2) is 49.6 Å². The van der Waals surface area contributed by atoms with Crippen molar-refractivity contribution in [3.63, 3.8) is 0 Å². The van der Waals surface area contributed by atoms with Gasteiger partial charge in [0, 0.05) is 19.2 Å². The van der Waals surface area contributed by atoms with E-state index in [1.165, 1.54) is 35.5 Å². The minimum absolute atomic E-state index is 0.0102. The standard InChI is InChI=1S/C28H33N3O6S/c1-3-37-24-13-11-23(12-14-24)31-27(33)19-26(28(31)34)30(18-17-21-7-5-4-6-8-21)38(35,36)25-15-9-22(10-16-25)29-20(2)32/h7,9-16,26H,3-6,8,17-19H2,1-2H3,(H,29,32). The summed E-state index contributed by atoms with van der Waals surface area (Å²) in [6.07, 6.45) is 6.41. The second-order valence-electron chi connectivity index (χ2n) is 9.39. The first-order chi connectivity index (χ1) is 18.2. The first-order valence-corrected chi connectivity index (χ1v) is 14.3. The van der Waals surface area contributed by atoms with Crippen LogP contribution >= 0.6 is 0 Å². The molecular formula is C28H33N3O6S. The Morgan fingerprint density at radius 1 is 1.08 bits per heavy atom. The summed E-state index contributed by atoms with van der Waals surface area (Å²) in [5.74, 6) is -0.690. The van der Waals surface area contributed by atoms with Crippen LogP contribution in [0.4, 0.5) is 11.4 Å². The number of nitrogens with one attached hydrogen (secondary N) is 1. The Morgan fingerprint density at radius 3 is 2.39 bits per heavy atom. The summed E-state index contributed by atoms with van der Waals surface area (Å²) in [6.45, 7) is 3.80. The largest absolute Gasteiger partial charge is 0.494 e. The lowest BCUT2D eigenvalue weighted by molar-refractivity contribution is -0.122. The molecule has 10 heteroatoms. The van der Waals surface area contributed by atoms with Gasteiger partial charge in [-0.15, -0.1) is 0 Å². The third-order valence-corrected chi connectivity index (χ3v) is 8.62. The number of hydrogen-bond acceptors (Lipinski definition) is 6. The van der Waals surface area contributed by atoms with Gasteiger partial charge in [-0.2, -0.15) is 4.31 Å². The number of nitrogens with zero attached hydrogens (tertiary/aromatic N) is 2. The fourth-order valence-corrected chi connectivity index (χ4v) is 6.43. The number of benzene rings is 2. The van der Waals surface area contributed by atoms with E-state index in [9.17, 15) is 22.8 Å². The van der Waals surface area contributed by atoms with Crippen molar-refractivity contribution in [3.8, 4) is 5.75 Å². The number of amides is 3. The van der Waals surface area contributed by atoms with E-state index in [1.54, 1.807) is 24.3 Å². The zero-order chi connectivity index (χ0) is 27.3. The van der Waals surface area contributed by atoms with Crippen molar-refractivity contribution in [3.05, 3.63) is 60.2 Å². The molecule has 1 fully saturated rings. The van der Waals surface area contributed by atoms with Crippen molar-refractivity contribution in [2.75, 3.05) is 23.4 Å². The third-order valence-electron chi connectivity index (χ3n) is 6.70. The maximum absolute atomic E-state index is 13.9. The molecule has 1 aliphatic heterocycles. The predicted octanol–water partition coefficient (Wildman–Crippen LogP) is 4.26. The molecule has 1 heterocycles. The van der Waals surface area contributed by atoms with Gasteiger partial charge in [0.1, 0.15) is 11.8 Å². The van der Waals surface area contributed by atoms with Crippen LogP contribution in [0, 0.1) is 0 Å². The quantitative estimate of drug-likeness (QED) is 0.357. The van der Waals surface area contributed by atoms with Crippen LogP contribution < -0.4 is 15.0 Å². The van der Waals surface area contributed by atoms with Crippen LogP contribution in [0.2, 0.25) is 0 Å². The number of sulfonamides is 1. The second kappa shape index (κ2) is 11.9. The van der Waals surface area contributed by atoms with Gasteiger partial charge in [-0.25, -0.2) is 13.3 Å². The lowest BCUT2D eigenvalue weighted by Crippen LogP contribution is -2.46. The van der Waals surface area contributed by atoms with E-state index in [-0.39, 0.29) is 23.8 Å². The number of hydrogen-bond donors (Lipinski definition) is 1. The van der Waals surface area contributed by atoms with Gasteiger partial charge in [0.25, 0.3) is 5.91 Å². The van der Waals surface area contributed by atoms with Crippen LogP contribution in [0.3, 0.4) is 0 Å². The Hall–Kier alpha value is -3.50. The van der Waals surface area contributed by atoms with Gasteiger partial charge in [0.2, 0.25) is 21.8 Å². The average Bonchev–Trinajstić information content (AvgIpc) is 3.18. The molecule has 0 saturated carbocycles. The van der Waals surface area contributed by atoms with E-state index in [4.69, 9.17) is 4.74 Å². The zero-order valence-electron chi connectivity index (χ0n) is 21.7. The molecule has 202 valence electrons. The Balaban J connectivity index is 1.63. The Bertz CT molecular complexity index is 1320. The highest BCUT2D eigenvalue weighted by Crippen LogP contribution is 2.32. The Kier molecular flexibility index (Phi) is 8.63. The monoisotopic (exact) mass is 539 g/mol. The number of carbonyl (C=O) groups excluding carboxylic acids is 3. The summed E-state index contributed by atoms with van der Waals surface area (Å²) in [5, 5.41) is 2.62. The van der Waals surface area contributed by atoms with E-state index in [0.29, 0.717) is 30.2 Å². The molecule has 0 aromatic heterocycles. The molecule has 0 bridgehead atoms. The van der Waals surface area contributed by atoms with Crippen LogP contribution in [0.15, 0.2) is 65.1 Å². The average molecular weight is 540 g/mol. The molecule has 1 aliphatic carbocycles. The van der Waals surface area contributed by atoms with E-state index in [1.807, 2.05) is 6.92 Å². The van der Waals surface area contributed by atoms with Crippen molar-refractivity contribution < 1.29 is 27.5 Å². The molecule has 2 aromatic rings. The number of anilines is 2. The van der Waals surface area contributed by atoms with Crippen molar-refractivity contribution in [1.29, 1.82) is 0 Å². The summed E-state index contributed by atoms with van der Waals surface area (Å²) < 4.78 is 34.3. The van der Waals surface area contributed by atoms with E-state index >= 15 is 0 Å². The topological polar surface area (TPSA) is 113 Å².